The van der Waals surface area contributed by atoms with Crippen LogP contribution in [0.2, 0.25) is 0 Å². The van der Waals surface area contributed by atoms with Crippen molar-refractivity contribution in [2.45, 2.75) is 28.1 Å². The minimum absolute atomic E-state index is 0.206. The highest BCUT2D eigenvalue weighted by Gasteiger charge is 2.26. The Kier molecular flexibility index (Phi) is 5.92. The summed E-state index contributed by atoms with van der Waals surface area (Å²) in [6.07, 6.45) is 1.52. The van der Waals surface area contributed by atoms with E-state index in [2.05, 4.69) is 4.98 Å². The average molecular weight is 462 g/mol. The van der Waals surface area contributed by atoms with E-state index in [1.807, 2.05) is 0 Å². The van der Waals surface area contributed by atoms with E-state index in [0.717, 1.165) is 12.1 Å². The van der Waals surface area contributed by atoms with Crippen LogP contribution >= 0.6 is 11.8 Å². The van der Waals surface area contributed by atoms with Gasteiger partial charge in [-0.15, -0.1) is 0 Å². The van der Waals surface area contributed by atoms with Crippen LogP contribution in [-0.2, 0) is 22.1 Å². The lowest BCUT2D eigenvalue weighted by molar-refractivity contribution is 0.234. The molecule has 31 heavy (non-hydrogen) atoms. The maximum absolute atomic E-state index is 13.0. The summed E-state index contributed by atoms with van der Waals surface area (Å²) in [5.74, 6) is -2.51. The van der Waals surface area contributed by atoms with Crippen molar-refractivity contribution in [3.05, 3.63) is 88.6 Å². The van der Waals surface area contributed by atoms with E-state index >= 15 is 0 Å². The summed E-state index contributed by atoms with van der Waals surface area (Å²) < 4.78 is 55.4. The molecule has 10 heteroatoms. The van der Waals surface area contributed by atoms with Crippen molar-refractivity contribution in [1.82, 2.24) is 9.55 Å². The molecule has 2 aromatic heterocycles. The monoisotopic (exact) mass is 462 g/mol. The van der Waals surface area contributed by atoms with Crippen molar-refractivity contribution in [2.24, 2.45) is 0 Å². The molecule has 0 bridgehead atoms. The Balaban J connectivity index is 1.64. The van der Waals surface area contributed by atoms with Crippen LogP contribution < -0.4 is 5.56 Å². The van der Waals surface area contributed by atoms with Crippen molar-refractivity contribution in [3.63, 3.8) is 0 Å². The molecular formula is C21H16F2N2O4S2. The molecule has 4 aromatic rings. The Morgan fingerprint density at radius 1 is 1.03 bits per heavy atom. The van der Waals surface area contributed by atoms with E-state index in [9.17, 15) is 22.0 Å². The van der Waals surface area contributed by atoms with Gasteiger partial charge in [0.25, 0.3) is 5.56 Å². The Hall–Kier alpha value is -2.98. The minimum Gasteiger partial charge on any atom is -0.467 e. The first kappa shape index (κ1) is 21.3. The Bertz CT molecular complexity index is 1370. The third-order valence-electron chi connectivity index (χ3n) is 4.58. The van der Waals surface area contributed by atoms with Gasteiger partial charge in [0.05, 0.1) is 28.6 Å². The molecule has 0 aliphatic heterocycles. The van der Waals surface area contributed by atoms with Crippen LogP contribution in [0.5, 0.6) is 0 Å². The second kappa shape index (κ2) is 8.64. The first-order valence-electron chi connectivity index (χ1n) is 9.12. The summed E-state index contributed by atoms with van der Waals surface area (Å²) in [6, 6.07) is 15.8. The third kappa shape index (κ3) is 4.40. The van der Waals surface area contributed by atoms with Gasteiger partial charge >= 0.3 is 5.76 Å². The zero-order valence-corrected chi connectivity index (χ0v) is 17.6. The second-order valence-corrected chi connectivity index (χ2v) is 9.48. The van der Waals surface area contributed by atoms with E-state index < -0.39 is 20.5 Å². The minimum atomic E-state index is -4.63. The van der Waals surface area contributed by atoms with E-state index in [0.29, 0.717) is 33.1 Å². The number of thioether (sulfide) groups is 1. The first-order valence-corrected chi connectivity index (χ1v) is 11.7. The zero-order chi connectivity index (χ0) is 22.0. The number of alkyl halides is 2. The molecule has 0 spiro atoms. The number of para-hydroxylation sites is 1. The van der Waals surface area contributed by atoms with Crippen LogP contribution in [0.15, 0.2) is 86.2 Å². The number of aromatic nitrogens is 2. The highest BCUT2D eigenvalue weighted by Crippen LogP contribution is 2.25. The molecule has 4 rings (SSSR count). The topological polar surface area (TPSA) is 82.2 Å². The summed E-state index contributed by atoms with van der Waals surface area (Å²) in [5, 5.41) is 0.948. The van der Waals surface area contributed by atoms with Gasteiger partial charge in [0.1, 0.15) is 5.76 Å². The molecule has 0 saturated carbocycles. The van der Waals surface area contributed by atoms with Crippen LogP contribution in [0, 0.1) is 0 Å². The second-order valence-electron chi connectivity index (χ2n) is 6.62. The van der Waals surface area contributed by atoms with Gasteiger partial charge < -0.3 is 4.42 Å². The van der Waals surface area contributed by atoms with Crippen LogP contribution in [0.4, 0.5) is 8.78 Å². The number of rotatable bonds is 7. The molecular weight excluding hydrogens is 446 g/mol. The molecule has 0 radical (unpaired) electrons. The summed E-state index contributed by atoms with van der Waals surface area (Å²) >= 11 is 1.28. The summed E-state index contributed by atoms with van der Waals surface area (Å²) in [7, 11) is -4.63. The highest BCUT2D eigenvalue weighted by molar-refractivity contribution is 7.98. The predicted molar refractivity (Wildman–Crippen MR) is 113 cm³/mol. The van der Waals surface area contributed by atoms with E-state index in [4.69, 9.17) is 4.42 Å². The van der Waals surface area contributed by atoms with Gasteiger partial charge in [0.2, 0.25) is 9.84 Å². The molecule has 160 valence electrons. The quantitative estimate of drug-likeness (QED) is 0.300. The number of benzene rings is 2. The maximum atomic E-state index is 13.0. The van der Waals surface area contributed by atoms with Crippen molar-refractivity contribution >= 4 is 32.5 Å². The Morgan fingerprint density at radius 2 is 1.77 bits per heavy atom. The number of nitrogens with zero attached hydrogens (tertiary/aromatic N) is 2. The first-order chi connectivity index (χ1) is 14.9. The van der Waals surface area contributed by atoms with Crippen LogP contribution in [-0.4, -0.2) is 23.7 Å². The average Bonchev–Trinajstić information content (AvgIpc) is 3.28. The highest BCUT2D eigenvalue weighted by atomic mass is 32.2. The number of hydrogen-bond acceptors (Lipinski definition) is 6. The van der Waals surface area contributed by atoms with Gasteiger partial charge in [-0.2, -0.15) is 8.78 Å². The molecule has 0 unspecified atom stereocenters. The van der Waals surface area contributed by atoms with Gasteiger partial charge in [0, 0.05) is 5.75 Å². The van der Waals surface area contributed by atoms with Crippen LogP contribution in [0.3, 0.4) is 0 Å². The molecule has 6 nitrogen and oxygen atoms in total. The van der Waals surface area contributed by atoms with Crippen molar-refractivity contribution < 1.29 is 21.6 Å². The summed E-state index contributed by atoms with van der Waals surface area (Å²) in [4.78, 5) is 17.2. The third-order valence-corrected chi connectivity index (χ3v) is 7.02. The summed E-state index contributed by atoms with van der Waals surface area (Å²) in [5.41, 5.74) is 1.05. The molecule has 0 atom stereocenters. The molecule has 2 aromatic carbocycles. The smallest absolute Gasteiger partial charge is 0.341 e. The zero-order valence-electron chi connectivity index (χ0n) is 15.9. The molecule has 0 N–H and O–H groups in total. The number of fused-ring (bicyclic) bond motifs is 1. The summed E-state index contributed by atoms with van der Waals surface area (Å²) in [6.45, 7) is 0.206. The standard InChI is InChI=1S/C21H16F2N2O4S2/c22-20(23)31(27,28)16-9-7-14(8-10-16)13-30-21-24-18-6-2-1-5-17(18)19(26)25(21)12-15-4-3-11-29-15/h1-11,20H,12-13H2. The van der Waals surface area contributed by atoms with Gasteiger partial charge in [0.15, 0.2) is 5.16 Å². The van der Waals surface area contributed by atoms with Gasteiger partial charge in [-0.1, -0.05) is 36.0 Å². The molecule has 0 aliphatic carbocycles. The van der Waals surface area contributed by atoms with Crippen molar-refractivity contribution in [1.29, 1.82) is 0 Å². The van der Waals surface area contributed by atoms with Gasteiger partial charge in [-0.3, -0.25) is 9.36 Å². The predicted octanol–water partition coefficient (Wildman–Crippen LogP) is 4.33. The number of hydrogen-bond donors (Lipinski definition) is 0. The van der Waals surface area contributed by atoms with Crippen LogP contribution in [0.25, 0.3) is 10.9 Å². The van der Waals surface area contributed by atoms with Crippen molar-refractivity contribution in [2.75, 3.05) is 0 Å². The molecule has 2 heterocycles. The molecule has 0 saturated heterocycles. The maximum Gasteiger partial charge on any atom is 0.341 e. The number of sulfone groups is 1. The van der Waals surface area contributed by atoms with Crippen molar-refractivity contribution in [3.8, 4) is 0 Å². The van der Waals surface area contributed by atoms with Crippen LogP contribution in [0.1, 0.15) is 11.3 Å². The number of halogens is 2. The van der Waals surface area contributed by atoms with E-state index in [-0.39, 0.29) is 12.1 Å². The fourth-order valence-electron chi connectivity index (χ4n) is 2.98. The normalized spacial score (nSPS) is 12.0. The lowest BCUT2D eigenvalue weighted by atomic mass is 10.2. The largest absolute Gasteiger partial charge is 0.467 e. The fourth-order valence-corrected chi connectivity index (χ4v) is 4.66. The van der Waals surface area contributed by atoms with Gasteiger partial charge in [-0.05, 0) is 42.0 Å². The van der Waals surface area contributed by atoms with E-state index in [1.54, 1.807) is 36.4 Å². The fraction of sp³-hybridized carbons (Fsp3) is 0.143. The molecule has 0 amide bonds. The van der Waals surface area contributed by atoms with E-state index in [1.165, 1.54) is 34.7 Å². The Labute approximate surface area is 180 Å². The lowest BCUT2D eigenvalue weighted by Gasteiger charge is -2.12. The number of furan rings is 1. The Morgan fingerprint density at radius 3 is 2.45 bits per heavy atom. The molecule has 0 aliphatic rings. The van der Waals surface area contributed by atoms with Gasteiger partial charge in [-0.25, -0.2) is 13.4 Å². The molecule has 0 fully saturated rings. The lowest BCUT2D eigenvalue weighted by Crippen LogP contribution is -2.23. The SMILES string of the molecule is O=c1c2ccccc2nc(SCc2ccc(S(=O)(=O)C(F)F)cc2)n1Cc1ccco1.